The SMILES string of the molecule is COc1ccc(-c2ncnc3ccc(-c4ccc(OCCNC(=O)OC(C)(C)C)c(OC)c4)cc23)cc1OC. The Balaban J connectivity index is 1.56. The molecule has 0 spiro atoms. The Labute approximate surface area is 228 Å². The molecular weight excluding hydrogens is 498 g/mol. The van der Waals surface area contributed by atoms with Crippen molar-refractivity contribution in [2.45, 2.75) is 26.4 Å². The first-order valence-corrected chi connectivity index (χ1v) is 12.5. The van der Waals surface area contributed by atoms with Crippen LogP contribution < -0.4 is 24.3 Å². The van der Waals surface area contributed by atoms with E-state index < -0.39 is 11.7 Å². The molecule has 0 aliphatic rings. The number of benzene rings is 3. The summed E-state index contributed by atoms with van der Waals surface area (Å²) in [4.78, 5) is 20.9. The third kappa shape index (κ3) is 6.67. The number of rotatable bonds is 9. The summed E-state index contributed by atoms with van der Waals surface area (Å²) in [6.45, 7) is 6.00. The van der Waals surface area contributed by atoms with Gasteiger partial charge in [0.2, 0.25) is 0 Å². The molecule has 0 aliphatic carbocycles. The van der Waals surface area contributed by atoms with E-state index in [2.05, 4.69) is 21.4 Å². The van der Waals surface area contributed by atoms with Crippen molar-refractivity contribution < 1.29 is 28.5 Å². The van der Waals surface area contributed by atoms with Crippen LogP contribution in [-0.2, 0) is 4.74 Å². The molecule has 0 radical (unpaired) electrons. The van der Waals surface area contributed by atoms with Gasteiger partial charge in [0.15, 0.2) is 23.0 Å². The van der Waals surface area contributed by atoms with Crippen LogP contribution in [0, 0.1) is 0 Å². The lowest BCUT2D eigenvalue weighted by atomic mass is 10.00. The number of hydrogen-bond donors (Lipinski definition) is 1. The first kappa shape index (κ1) is 27.5. The van der Waals surface area contributed by atoms with E-state index in [0.717, 1.165) is 33.3 Å². The number of amides is 1. The minimum atomic E-state index is -0.554. The number of hydrogen-bond acceptors (Lipinski definition) is 8. The standard InChI is InChI=1S/C30H33N3O6/c1-30(2,3)39-29(34)31-13-14-38-25-12-8-20(16-27(25)37-6)19-7-10-23-22(15-19)28(33-18-32-23)21-9-11-24(35-4)26(17-21)36-5/h7-12,15-18H,13-14H2,1-6H3,(H,31,34). The van der Waals surface area contributed by atoms with Crippen molar-refractivity contribution in [3.63, 3.8) is 0 Å². The monoisotopic (exact) mass is 531 g/mol. The Morgan fingerprint density at radius 1 is 0.769 bits per heavy atom. The summed E-state index contributed by atoms with van der Waals surface area (Å²) in [6.07, 6.45) is 1.07. The molecule has 3 aromatic carbocycles. The van der Waals surface area contributed by atoms with Crippen LogP contribution in [0.25, 0.3) is 33.3 Å². The molecule has 0 atom stereocenters. The van der Waals surface area contributed by atoms with Crippen molar-refractivity contribution in [3.8, 4) is 45.4 Å². The number of carbonyl (C=O) groups excluding carboxylic acids is 1. The average molecular weight is 532 g/mol. The molecule has 0 bridgehead atoms. The van der Waals surface area contributed by atoms with Gasteiger partial charge in [-0.15, -0.1) is 0 Å². The van der Waals surface area contributed by atoms with Gasteiger partial charge in [-0.3, -0.25) is 0 Å². The molecular formula is C30H33N3O6. The Morgan fingerprint density at radius 2 is 1.38 bits per heavy atom. The molecule has 1 amide bonds. The molecule has 0 saturated heterocycles. The topological polar surface area (TPSA) is 101 Å². The van der Waals surface area contributed by atoms with Crippen LogP contribution in [0.4, 0.5) is 4.79 Å². The van der Waals surface area contributed by atoms with Gasteiger partial charge in [-0.05, 0) is 74.4 Å². The first-order valence-electron chi connectivity index (χ1n) is 12.5. The Hall–Kier alpha value is -4.53. The number of ether oxygens (including phenoxy) is 5. The van der Waals surface area contributed by atoms with Gasteiger partial charge in [0.1, 0.15) is 18.5 Å². The zero-order valence-corrected chi connectivity index (χ0v) is 23.0. The van der Waals surface area contributed by atoms with Gasteiger partial charge in [0, 0.05) is 10.9 Å². The second kappa shape index (κ2) is 11.9. The summed E-state index contributed by atoms with van der Waals surface area (Å²) < 4.78 is 27.5. The van der Waals surface area contributed by atoms with Crippen LogP contribution in [-0.4, -0.2) is 56.1 Å². The average Bonchev–Trinajstić information content (AvgIpc) is 2.93. The van der Waals surface area contributed by atoms with E-state index in [9.17, 15) is 4.79 Å². The van der Waals surface area contributed by atoms with Crippen LogP contribution in [0.5, 0.6) is 23.0 Å². The fraction of sp³-hybridized carbons (Fsp3) is 0.300. The molecule has 1 aromatic heterocycles. The highest BCUT2D eigenvalue weighted by molar-refractivity contribution is 5.95. The lowest BCUT2D eigenvalue weighted by Crippen LogP contribution is -2.34. The van der Waals surface area contributed by atoms with Crippen LogP contribution in [0.1, 0.15) is 20.8 Å². The van der Waals surface area contributed by atoms with Gasteiger partial charge in [0.25, 0.3) is 0 Å². The first-order chi connectivity index (χ1) is 18.7. The van der Waals surface area contributed by atoms with Crippen LogP contribution >= 0.6 is 0 Å². The van der Waals surface area contributed by atoms with Gasteiger partial charge < -0.3 is 29.0 Å². The number of carbonyl (C=O) groups is 1. The normalized spacial score (nSPS) is 11.1. The minimum absolute atomic E-state index is 0.261. The molecule has 4 aromatic rings. The number of fused-ring (bicyclic) bond motifs is 1. The largest absolute Gasteiger partial charge is 0.493 e. The predicted molar refractivity (Wildman–Crippen MR) is 150 cm³/mol. The minimum Gasteiger partial charge on any atom is -0.493 e. The second-order valence-corrected chi connectivity index (χ2v) is 9.67. The van der Waals surface area contributed by atoms with E-state index in [4.69, 9.17) is 23.7 Å². The lowest BCUT2D eigenvalue weighted by molar-refractivity contribution is 0.0520. The maximum Gasteiger partial charge on any atom is 0.407 e. The summed E-state index contributed by atoms with van der Waals surface area (Å²) in [6, 6.07) is 17.5. The third-order valence-corrected chi connectivity index (χ3v) is 5.82. The van der Waals surface area contributed by atoms with E-state index in [0.29, 0.717) is 29.5 Å². The summed E-state index contributed by atoms with van der Waals surface area (Å²) in [7, 11) is 4.81. The van der Waals surface area contributed by atoms with Gasteiger partial charge in [0.05, 0.1) is 39.1 Å². The third-order valence-electron chi connectivity index (χ3n) is 5.82. The summed E-state index contributed by atoms with van der Waals surface area (Å²) in [5, 5.41) is 3.58. The quantitative estimate of drug-likeness (QED) is 0.267. The molecule has 0 aliphatic heterocycles. The number of nitrogens with one attached hydrogen (secondary N) is 1. The van der Waals surface area contributed by atoms with Crippen LogP contribution in [0.15, 0.2) is 60.9 Å². The Morgan fingerprint density at radius 3 is 2.10 bits per heavy atom. The van der Waals surface area contributed by atoms with E-state index in [-0.39, 0.29) is 6.61 Å². The number of aromatic nitrogens is 2. The highest BCUT2D eigenvalue weighted by Crippen LogP contribution is 2.37. The summed E-state index contributed by atoms with van der Waals surface area (Å²) >= 11 is 0. The molecule has 204 valence electrons. The highest BCUT2D eigenvalue weighted by atomic mass is 16.6. The van der Waals surface area contributed by atoms with Gasteiger partial charge in [-0.1, -0.05) is 12.1 Å². The molecule has 39 heavy (non-hydrogen) atoms. The molecule has 4 rings (SSSR count). The summed E-state index contributed by atoms with van der Waals surface area (Å²) in [5.41, 5.74) is 3.85. The summed E-state index contributed by atoms with van der Waals surface area (Å²) in [5.74, 6) is 2.42. The molecule has 9 heteroatoms. The number of nitrogens with zero attached hydrogens (tertiary/aromatic N) is 2. The van der Waals surface area contributed by atoms with E-state index in [1.165, 1.54) is 0 Å². The fourth-order valence-electron chi connectivity index (χ4n) is 4.04. The van der Waals surface area contributed by atoms with E-state index >= 15 is 0 Å². The predicted octanol–water partition coefficient (Wildman–Crippen LogP) is 5.89. The zero-order valence-electron chi connectivity index (χ0n) is 23.0. The van der Waals surface area contributed by atoms with Crippen molar-refractivity contribution in [2.75, 3.05) is 34.5 Å². The van der Waals surface area contributed by atoms with Crippen molar-refractivity contribution in [2.24, 2.45) is 0 Å². The maximum absolute atomic E-state index is 11.8. The van der Waals surface area contributed by atoms with E-state index in [1.807, 2.05) is 69.3 Å². The molecule has 1 heterocycles. The van der Waals surface area contributed by atoms with Gasteiger partial charge in [-0.25, -0.2) is 14.8 Å². The number of alkyl carbamates (subject to hydrolysis) is 1. The zero-order chi connectivity index (χ0) is 28.0. The Kier molecular flexibility index (Phi) is 8.39. The molecule has 0 fully saturated rings. The fourth-order valence-corrected chi connectivity index (χ4v) is 4.04. The van der Waals surface area contributed by atoms with E-state index in [1.54, 1.807) is 27.7 Å². The lowest BCUT2D eigenvalue weighted by Gasteiger charge is -2.19. The smallest absolute Gasteiger partial charge is 0.407 e. The van der Waals surface area contributed by atoms with Crippen molar-refractivity contribution in [3.05, 3.63) is 60.9 Å². The molecule has 0 unspecified atom stereocenters. The van der Waals surface area contributed by atoms with Crippen molar-refractivity contribution in [1.82, 2.24) is 15.3 Å². The second-order valence-electron chi connectivity index (χ2n) is 9.67. The van der Waals surface area contributed by atoms with Gasteiger partial charge >= 0.3 is 6.09 Å². The van der Waals surface area contributed by atoms with Crippen molar-refractivity contribution in [1.29, 1.82) is 0 Å². The molecule has 9 nitrogen and oxygen atoms in total. The molecule has 1 N–H and O–H groups in total. The van der Waals surface area contributed by atoms with Crippen LogP contribution in [0.2, 0.25) is 0 Å². The van der Waals surface area contributed by atoms with Crippen LogP contribution in [0.3, 0.4) is 0 Å². The Bertz CT molecular complexity index is 1470. The molecule has 0 saturated carbocycles. The van der Waals surface area contributed by atoms with Gasteiger partial charge in [-0.2, -0.15) is 0 Å². The van der Waals surface area contributed by atoms with Crippen molar-refractivity contribution >= 4 is 17.0 Å². The maximum atomic E-state index is 11.8. The number of methoxy groups -OCH3 is 3. The highest BCUT2D eigenvalue weighted by Gasteiger charge is 2.16.